The molecular formula is C119H148N4O10. The normalized spacial score (nSPS) is 15.6. The van der Waals surface area contributed by atoms with Gasteiger partial charge in [-0.25, -0.2) is 0 Å². The highest BCUT2D eigenvalue weighted by molar-refractivity contribution is 5.94. The number of aryl methyl sites for hydroxylation is 2. The molecule has 0 saturated carbocycles. The van der Waals surface area contributed by atoms with Crippen LogP contribution in [0.1, 0.15) is 352 Å². The van der Waals surface area contributed by atoms with Crippen molar-refractivity contribution in [1.29, 1.82) is 0 Å². The second kappa shape index (κ2) is 38.7. The van der Waals surface area contributed by atoms with Crippen LogP contribution in [0.3, 0.4) is 0 Å². The largest absolute Gasteiger partial charge is 0.507 e. The fourth-order valence-electron chi connectivity index (χ4n) is 18.6. The van der Waals surface area contributed by atoms with Crippen LogP contribution in [0.2, 0.25) is 0 Å². The lowest BCUT2D eigenvalue weighted by molar-refractivity contribution is 0.278. The number of benzene rings is 10. The molecule has 704 valence electrons. The molecule has 0 amide bonds. The predicted octanol–water partition coefficient (Wildman–Crippen LogP) is 26.1. The molecule has 10 aromatic rings. The van der Waals surface area contributed by atoms with Gasteiger partial charge in [0.05, 0.1) is 39.4 Å². The van der Waals surface area contributed by atoms with Gasteiger partial charge in [0.2, 0.25) is 0 Å². The smallest absolute Gasteiger partial charge is 0.136 e. The maximum absolute atomic E-state index is 13.3. The molecule has 0 spiro atoms. The summed E-state index contributed by atoms with van der Waals surface area (Å²) in [6, 6.07) is 44.1. The van der Waals surface area contributed by atoms with Crippen LogP contribution in [-0.2, 0) is 94.7 Å². The highest BCUT2D eigenvalue weighted by Crippen LogP contribution is 2.49. The zero-order valence-corrected chi connectivity index (χ0v) is 84.7. The average Bonchev–Trinajstić information content (AvgIpc) is 0.762. The van der Waals surface area contributed by atoms with Crippen molar-refractivity contribution in [2.24, 2.45) is 20.0 Å². The summed E-state index contributed by atoms with van der Waals surface area (Å²) in [6.07, 6.45) is 12.7. The van der Waals surface area contributed by atoms with E-state index in [4.69, 9.17) is 48.4 Å². The van der Waals surface area contributed by atoms with E-state index in [-0.39, 0.29) is 119 Å². The molecule has 16 rings (SSSR count). The Labute approximate surface area is 794 Å². The molecule has 0 fully saturated rings. The van der Waals surface area contributed by atoms with Gasteiger partial charge in [0, 0.05) is 98.5 Å². The number of ether oxygens (including phenoxy) is 6. The molecule has 133 heavy (non-hydrogen) atoms. The third-order valence-corrected chi connectivity index (χ3v) is 26.7. The highest BCUT2D eigenvalue weighted by atomic mass is 16.5. The van der Waals surface area contributed by atoms with E-state index in [2.05, 4.69) is 301 Å². The van der Waals surface area contributed by atoms with Crippen LogP contribution in [0.5, 0.6) is 57.5 Å². The minimum Gasteiger partial charge on any atom is -0.507 e. The van der Waals surface area contributed by atoms with Gasteiger partial charge in [-0.3, -0.25) is 20.0 Å². The topological polar surface area (TPSA) is 186 Å². The van der Waals surface area contributed by atoms with Crippen molar-refractivity contribution in [2.75, 3.05) is 65.8 Å². The first kappa shape index (κ1) is 97.9. The molecule has 0 saturated heterocycles. The van der Waals surface area contributed by atoms with E-state index in [1.165, 1.54) is 0 Å². The third-order valence-electron chi connectivity index (χ3n) is 26.7. The Morgan fingerprint density at radius 3 is 0.504 bits per heavy atom. The average molecular weight is 1790 g/mol. The number of phenolic OH excluding ortho intramolecular Hbond substituents is 4. The van der Waals surface area contributed by atoms with Crippen molar-refractivity contribution in [3.8, 4) is 57.5 Å². The lowest BCUT2D eigenvalue weighted by Gasteiger charge is -2.28. The fraction of sp³-hybridized carbons (Fsp3) is 0.462. The molecule has 6 aliphatic rings. The fourth-order valence-corrected chi connectivity index (χ4v) is 18.6. The summed E-state index contributed by atoms with van der Waals surface area (Å²) in [5.41, 5.74) is 25.2. The summed E-state index contributed by atoms with van der Waals surface area (Å²) in [4.78, 5) is 20.9. The summed E-state index contributed by atoms with van der Waals surface area (Å²) in [6.45, 7) is 60.7. The number of rotatable bonds is 0. The maximum Gasteiger partial charge on any atom is 0.136 e. The maximum atomic E-state index is 13.3. The monoisotopic (exact) mass is 1790 g/mol. The van der Waals surface area contributed by atoms with Gasteiger partial charge in [0.25, 0.3) is 0 Å². The highest BCUT2D eigenvalue weighted by Gasteiger charge is 2.34. The number of hydrogen-bond acceptors (Lipinski definition) is 14. The minimum absolute atomic E-state index is 0.210. The molecular weight excluding hydrogens is 1650 g/mol. The molecule has 14 nitrogen and oxygen atoms in total. The van der Waals surface area contributed by atoms with Gasteiger partial charge >= 0.3 is 0 Å². The first-order valence-electron chi connectivity index (χ1n) is 48.5. The number of aliphatic imine (C=N–C) groups is 4. The summed E-state index contributed by atoms with van der Waals surface area (Å²) in [5.74, 6) is 5.02. The van der Waals surface area contributed by atoms with Crippen LogP contribution in [0.15, 0.2) is 141 Å². The first-order valence-corrected chi connectivity index (χ1v) is 48.5. The Morgan fingerprint density at radius 1 is 0.195 bits per heavy atom. The van der Waals surface area contributed by atoms with Crippen molar-refractivity contribution < 1.29 is 48.8 Å². The van der Waals surface area contributed by atoms with E-state index < -0.39 is 0 Å². The van der Waals surface area contributed by atoms with Crippen LogP contribution in [0.4, 0.5) is 0 Å². The Hall–Kier alpha value is -11.1. The third kappa shape index (κ3) is 23.3. The van der Waals surface area contributed by atoms with Gasteiger partial charge in [0.15, 0.2) is 0 Å². The SMILES string of the molecule is Cc1cc2c3c(c1)C=NCCOc1c4cc(C(C)(C)C)cc1Cc1cc(C(C)(C)C)cc(c1O)Cc1cc(C(C)(C)C)cc(c1OCCN=Cc1cc(C)cc(c1OCCCCCO3)C=NCCOc1c3cc(C(C)(C)C)cc1Cc1cc(C(C)(C)C)cc(c1O)Cc1cc(C(C)(C)C)cc(c1OCCN=C2)Cc1cc(C(C)(C)C)cc(c1O)C3)Cc1cc(C(C)(C)C)cc(c1O)C4. The second-order valence-corrected chi connectivity index (χ2v) is 46.3. The van der Waals surface area contributed by atoms with Gasteiger partial charge in [-0.05, 0) is 245 Å². The molecule has 4 N–H and O–H groups in total. The van der Waals surface area contributed by atoms with E-state index in [0.717, 1.165) is 186 Å². The molecule has 10 aromatic carbocycles. The number of phenols is 4. The Morgan fingerprint density at radius 2 is 0.346 bits per heavy atom. The van der Waals surface area contributed by atoms with Gasteiger partial charge in [-0.1, -0.05) is 263 Å². The zero-order valence-electron chi connectivity index (χ0n) is 84.7. The van der Waals surface area contributed by atoms with E-state index in [9.17, 15) is 20.4 Å². The van der Waals surface area contributed by atoms with Crippen molar-refractivity contribution >= 4 is 24.9 Å². The van der Waals surface area contributed by atoms with Crippen LogP contribution < -0.4 is 28.4 Å². The van der Waals surface area contributed by atoms with E-state index in [0.29, 0.717) is 99.1 Å². The number of hydrogen-bond donors (Lipinski definition) is 4. The van der Waals surface area contributed by atoms with Gasteiger partial charge in [-0.2, -0.15) is 0 Å². The molecule has 2 aliphatic carbocycles. The van der Waals surface area contributed by atoms with Crippen molar-refractivity contribution in [3.05, 3.63) is 288 Å². The van der Waals surface area contributed by atoms with Crippen LogP contribution in [0.25, 0.3) is 0 Å². The molecule has 0 atom stereocenters. The van der Waals surface area contributed by atoms with E-state index in [1.54, 1.807) is 0 Å². The van der Waals surface area contributed by atoms with Crippen molar-refractivity contribution in [3.63, 3.8) is 0 Å². The summed E-state index contributed by atoms with van der Waals surface area (Å²) in [7, 11) is 0. The van der Waals surface area contributed by atoms with Gasteiger partial charge < -0.3 is 48.8 Å². The summed E-state index contributed by atoms with van der Waals surface area (Å²) >= 11 is 0. The Bertz CT molecular complexity index is 5230. The first-order chi connectivity index (χ1) is 62.4. The van der Waals surface area contributed by atoms with Gasteiger partial charge in [0.1, 0.15) is 83.9 Å². The predicted molar refractivity (Wildman–Crippen MR) is 549 cm³/mol. The number of nitrogens with zero attached hydrogens (tertiary/aromatic N) is 4. The molecule has 22 bridgehead atoms. The van der Waals surface area contributed by atoms with E-state index in [1.807, 2.05) is 24.9 Å². The standard InChI is InChI=1S/C119H148N4O10/c1-72-40-90-68-120-30-36-130-106-82-44-74-52-94(112(3,4)5)56-78(102(74)124)48-86-64-100(118(21,22)23)65-87(49-79-57-95(113(6,7)8)53-75(103(79)125)45-83(106)61-98(60-82)116(15,16)17)108(86)132-38-32-122-70-92-42-73(2)43-93-71-123-33-39-133-109-88-50-80-58-96(114(9,10)11)54-76(104(80)126)46-84-62-99(117(18,19)20)63-85(107(84)131-37-31-121-69-91(41-72)110(90)128-34-28-27-29-35-129-111(92)93)47-77-55-97(115(12,13)14)59-81(105(77)127)51-89(109)67-101(66-88)119(24,25)26/h40-43,52-71,124-127H,27-39,44-51H2,1-26H3. The molecule has 0 aromatic heterocycles. The number of aromatic hydroxyl groups is 4. The molecule has 0 radical (unpaired) electrons. The molecule has 0 unspecified atom stereocenters. The van der Waals surface area contributed by atoms with Crippen LogP contribution in [0, 0.1) is 13.8 Å². The van der Waals surface area contributed by atoms with E-state index >= 15 is 0 Å². The van der Waals surface area contributed by atoms with Crippen molar-refractivity contribution in [2.45, 2.75) is 294 Å². The van der Waals surface area contributed by atoms with Gasteiger partial charge in [-0.15, -0.1) is 0 Å². The van der Waals surface area contributed by atoms with Crippen LogP contribution in [-0.4, -0.2) is 111 Å². The Kier molecular flexibility index (Phi) is 28.5. The Balaban J connectivity index is 0.969. The number of fused-ring (bicyclic) bond motifs is 12. The lowest BCUT2D eigenvalue weighted by atomic mass is 9.79. The molecule has 4 heterocycles. The summed E-state index contributed by atoms with van der Waals surface area (Å²) in [5, 5.41) is 53.2. The molecule has 4 aliphatic heterocycles. The second-order valence-electron chi connectivity index (χ2n) is 46.3. The lowest BCUT2D eigenvalue weighted by Crippen LogP contribution is -2.17. The minimum atomic E-state index is -0.307. The summed E-state index contributed by atoms with van der Waals surface area (Å²) < 4.78 is 43.4. The van der Waals surface area contributed by atoms with Crippen molar-refractivity contribution in [1.82, 2.24) is 0 Å². The molecule has 14 heteroatoms. The zero-order chi connectivity index (χ0) is 96.0. The van der Waals surface area contributed by atoms with Crippen LogP contribution >= 0.6 is 0 Å². The quantitative estimate of drug-likeness (QED) is 0.114.